The number of hydrogen-bond donors (Lipinski definition) is 1. The SMILES string of the molecule is CCn1ncnc1Cn1cc(Br)c(N)n1. The number of nitrogens with zero attached hydrogens (tertiary/aromatic N) is 5. The fourth-order valence-corrected chi connectivity index (χ4v) is 1.63. The molecule has 0 fully saturated rings. The highest BCUT2D eigenvalue weighted by Crippen LogP contribution is 2.16. The normalized spacial score (nSPS) is 10.8. The molecule has 0 amide bonds. The monoisotopic (exact) mass is 270 g/mol. The first kappa shape index (κ1) is 10.2. The summed E-state index contributed by atoms with van der Waals surface area (Å²) in [6.07, 6.45) is 3.37. The summed E-state index contributed by atoms with van der Waals surface area (Å²) >= 11 is 3.30. The van der Waals surface area contributed by atoms with Gasteiger partial charge in [-0.15, -0.1) is 0 Å². The molecule has 80 valence electrons. The number of hydrogen-bond acceptors (Lipinski definition) is 4. The molecule has 0 aliphatic rings. The van der Waals surface area contributed by atoms with E-state index in [2.05, 4.69) is 31.1 Å². The smallest absolute Gasteiger partial charge is 0.159 e. The molecule has 0 atom stereocenters. The van der Waals surface area contributed by atoms with E-state index in [1.165, 1.54) is 0 Å². The van der Waals surface area contributed by atoms with Crippen LogP contribution >= 0.6 is 15.9 Å². The van der Waals surface area contributed by atoms with Gasteiger partial charge in [0, 0.05) is 12.7 Å². The minimum atomic E-state index is 0.484. The number of halogens is 1. The molecule has 2 heterocycles. The molecule has 0 saturated heterocycles. The Kier molecular flexibility index (Phi) is 2.72. The molecule has 6 nitrogen and oxygen atoms in total. The highest BCUT2D eigenvalue weighted by atomic mass is 79.9. The molecule has 2 aromatic rings. The van der Waals surface area contributed by atoms with Crippen LogP contribution in [0, 0.1) is 0 Å². The highest BCUT2D eigenvalue weighted by Gasteiger charge is 2.06. The van der Waals surface area contributed by atoms with Crippen molar-refractivity contribution in [3.63, 3.8) is 0 Å². The predicted molar refractivity (Wildman–Crippen MR) is 59.1 cm³/mol. The Hall–Kier alpha value is -1.37. The highest BCUT2D eigenvalue weighted by molar-refractivity contribution is 9.10. The fraction of sp³-hybridized carbons (Fsp3) is 0.375. The average molecular weight is 271 g/mol. The van der Waals surface area contributed by atoms with Gasteiger partial charge in [0.1, 0.15) is 18.7 Å². The molecule has 0 aliphatic heterocycles. The summed E-state index contributed by atoms with van der Waals surface area (Å²) < 4.78 is 4.35. The van der Waals surface area contributed by atoms with Gasteiger partial charge in [-0.3, -0.25) is 4.68 Å². The van der Waals surface area contributed by atoms with E-state index in [-0.39, 0.29) is 0 Å². The topological polar surface area (TPSA) is 74.5 Å². The molecule has 2 N–H and O–H groups in total. The second kappa shape index (κ2) is 4.01. The van der Waals surface area contributed by atoms with Crippen LogP contribution in [0.15, 0.2) is 17.0 Å². The first-order valence-electron chi connectivity index (χ1n) is 4.55. The quantitative estimate of drug-likeness (QED) is 0.899. The van der Waals surface area contributed by atoms with Gasteiger partial charge in [-0.25, -0.2) is 9.67 Å². The molecule has 0 aromatic carbocycles. The third-order valence-electron chi connectivity index (χ3n) is 2.04. The van der Waals surface area contributed by atoms with Crippen LogP contribution < -0.4 is 5.73 Å². The zero-order valence-electron chi connectivity index (χ0n) is 8.26. The Balaban J connectivity index is 2.21. The maximum absolute atomic E-state index is 5.62. The third kappa shape index (κ3) is 2.01. The number of anilines is 1. The van der Waals surface area contributed by atoms with Gasteiger partial charge in [0.2, 0.25) is 0 Å². The van der Waals surface area contributed by atoms with Crippen molar-refractivity contribution in [2.75, 3.05) is 5.73 Å². The predicted octanol–water partition coefficient (Wildman–Crippen LogP) is 0.887. The molecule has 7 heteroatoms. The average Bonchev–Trinajstić information content (AvgIpc) is 2.75. The number of aryl methyl sites for hydroxylation is 1. The van der Waals surface area contributed by atoms with Crippen LogP contribution in [0.2, 0.25) is 0 Å². The van der Waals surface area contributed by atoms with Crippen LogP contribution in [0.3, 0.4) is 0 Å². The second-order valence-corrected chi connectivity index (χ2v) is 3.91. The van der Waals surface area contributed by atoms with E-state index in [0.29, 0.717) is 12.4 Å². The van der Waals surface area contributed by atoms with Gasteiger partial charge in [0.05, 0.1) is 4.47 Å². The van der Waals surface area contributed by atoms with Gasteiger partial charge >= 0.3 is 0 Å². The van der Waals surface area contributed by atoms with Gasteiger partial charge in [0.25, 0.3) is 0 Å². The van der Waals surface area contributed by atoms with E-state index in [9.17, 15) is 0 Å². The Morgan fingerprint density at radius 1 is 1.53 bits per heavy atom. The van der Waals surface area contributed by atoms with E-state index in [1.807, 2.05) is 17.8 Å². The van der Waals surface area contributed by atoms with Crippen LogP contribution in [-0.2, 0) is 13.1 Å². The van der Waals surface area contributed by atoms with Crippen molar-refractivity contribution >= 4 is 21.7 Å². The first-order valence-corrected chi connectivity index (χ1v) is 5.35. The number of rotatable bonds is 3. The molecule has 2 aromatic heterocycles. The second-order valence-electron chi connectivity index (χ2n) is 3.05. The molecule has 0 aliphatic carbocycles. The molecular formula is C8H11BrN6. The zero-order chi connectivity index (χ0) is 10.8. The number of nitrogen functional groups attached to an aromatic ring is 1. The lowest BCUT2D eigenvalue weighted by atomic mass is 10.5. The summed E-state index contributed by atoms with van der Waals surface area (Å²) in [5.41, 5.74) is 5.62. The van der Waals surface area contributed by atoms with Crippen molar-refractivity contribution in [2.24, 2.45) is 0 Å². The van der Waals surface area contributed by atoms with Crippen molar-refractivity contribution in [3.8, 4) is 0 Å². The maximum Gasteiger partial charge on any atom is 0.159 e. The van der Waals surface area contributed by atoms with Crippen LogP contribution in [0.4, 0.5) is 5.82 Å². The summed E-state index contributed by atoms with van der Waals surface area (Å²) in [5, 5.41) is 8.21. The van der Waals surface area contributed by atoms with Gasteiger partial charge in [-0.1, -0.05) is 0 Å². The van der Waals surface area contributed by atoms with Crippen LogP contribution in [0.1, 0.15) is 12.7 Å². The summed E-state index contributed by atoms with van der Waals surface area (Å²) in [6.45, 7) is 3.39. The van der Waals surface area contributed by atoms with Crippen molar-refractivity contribution in [2.45, 2.75) is 20.0 Å². The summed E-state index contributed by atoms with van der Waals surface area (Å²) in [5.74, 6) is 1.35. The van der Waals surface area contributed by atoms with Gasteiger partial charge < -0.3 is 5.73 Å². The van der Waals surface area contributed by atoms with Gasteiger partial charge in [0.15, 0.2) is 5.82 Å². The molecule has 15 heavy (non-hydrogen) atoms. The summed E-state index contributed by atoms with van der Waals surface area (Å²) in [6, 6.07) is 0. The molecule has 0 unspecified atom stereocenters. The Morgan fingerprint density at radius 2 is 2.33 bits per heavy atom. The standard InChI is InChI=1S/C8H11BrN6/c1-2-15-7(11-5-12-15)4-14-3-6(9)8(10)13-14/h3,5H,2,4H2,1H3,(H2,10,13). The lowest BCUT2D eigenvalue weighted by Gasteiger charge is -2.02. The summed E-state index contributed by atoms with van der Waals surface area (Å²) in [4.78, 5) is 4.16. The van der Waals surface area contributed by atoms with Crippen molar-refractivity contribution in [1.29, 1.82) is 0 Å². The van der Waals surface area contributed by atoms with Gasteiger partial charge in [-0.05, 0) is 22.9 Å². The Morgan fingerprint density at radius 3 is 2.93 bits per heavy atom. The van der Waals surface area contributed by atoms with Crippen molar-refractivity contribution in [3.05, 3.63) is 22.8 Å². The summed E-state index contributed by atoms with van der Waals surface area (Å²) in [7, 11) is 0. The molecule has 0 bridgehead atoms. The maximum atomic E-state index is 5.62. The Bertz CT molecular complexity index is 440. The number of aromatic nitrogens is 5. The lowest BCUT2D eigenvalue weighted by molar-refractivity contribution is 0.568. The van der Waals surface area contributed by atoms with Crippen LogP contribution in [-0.4, -0.2) is 24.5 Å². The molecule has 0 spiro atoms. The molecular weight excluding hydrogens is 260 g/mol. The minimum Gasteiger partial charge on any atom is -0.381 e. The van der Waals surface area contributed by atoms with E-state index < -0.39 is 0 Å². The largest absolute Gasteiger partial charge is 0.381 e. The fourth-order valence-electron chi connectivity index (χ4n) is 1.31. The van der Waals surface area contributed by atoms with E-state index in [1.54, 1.807) is 11.0 Å². The molecule has 0 radical (unpaired) electrons. The van der Waals surface area contributed by atoms with Crippen molar-refractivity contribution < 1.29 is 0 Å². The molecule has 2 rings (SSSR count). The lowest BCUT2D eigenvalue weighted by Crippen LogP contribution is -2.09. The Labute approximate surface area is 95.2 Å². The van der Waals surface area contributed by atoms with E-state index in [4.69, 9.17) is 5.73 Å². The van der Waals surface area contributed by atoms with Gasteiger partial charge in [-0.2, -0.15) is 10.2 Å². The zero-order valence-corrected chi connectivity index (χ0v) is 9.85. The number of nitrogens with two attached hydrogens (primary N) is 1. The third-order valence-corrected chi connectivity index (χ3v) is 2.65. The van der Waals surface area contributed by atoms with Crippen LogP contribution in [0.25, 0.3) is 0 Å². The van der Waals surface area contributed by atoms with Crippen molar-refractivity contribution in [1.82, 2.24) is 24.5 Å². The minimum absolute atomic E-state index is 0.484. The van der Waals surface area contributed by atoms with E-state index in [0.717, 1.165) is 16.8 Å². The van der Waals surface area contributed by atoms with E-state index >= 15 is 0 Å². The van der Waals surface area contributed by atoms with Crippen LogP contribution in [0.5, 0.6) is 0 Å². The first-order chi connectivity index (χ1) is 7.20. The molecule has 0 saturated carbocycles.